The third kappa shape index (κ3) is 3.86. The van der Waals surface area contributed by atoms with Gasteiger partial charge in [0, 0.05) is 0 Å². The van der Waals surface area contributed by atoms with Crippen LogP contribution in [0.4, 0.5) is 5.69 Å². The number of ether oxygens (including phenoxy) is 1. The summed E-state index contributed by atoms with van der Waals surface area (Å²) < 4.78 is 5.89. The van der Waals surface area contributed by atoms with Gasteiger partial charge in [0.25, 0.3) is 5.91 Å². The van der Waals surface area contributed by atoms with Crippen LogP contribution >= 0.6 is 0 Å². The zero-order valence-corrected chi connectivity index (χ0v) is 15.6. The molecule has 3 aromatic carbocycles. The summed E-state index contributed by atoms with van der Waals surface area (Å²) in [6, 6.07) is 27.2. The predicted octanol–water partition coefficient (Wildman–Crippen LogP) is 5.07. The van der Waals surface area contributed by atoms with E-state index in [1.807, 2.05) is 97.9 Å². The van der Waals surface area contributed by atoms with Gasteiger partial charge in [0.05, 0.1) is 17.0 Å². The number of hydrogen-bond donors (Lipinski definition) is 0. The summed E-state index contributed by atoms with van der Waals surface area (Å²) in [5, 5.41) is 5.86. The van der Waals surface area contributed by atoms with Crippen LogP contribution in [-0.4, -0.2) is 11.6 Å². The summed E-state index contributed by atoms with van der Waals surface area (Å²) in [5.41, 5.74) is 4.06. The highest BCUT2D eigenvalue weighted by atomic mass is 16.5. The predicted molar refractivity (Wildman–Crippen MR) is 112 cm³/mol. The van der Waals surface area contributed by atoms with E-state index in [1.54, 1.807) is 0 Å². The van der Waals surface area contributed by atoms with E-state index in [-0.39, 0.29) is 5.91 Å². The Balaban J connectivity index is 1.53. The van der Waals surface area contributed by atoms with Gasteiger partial charge in [-0.2, -0.15) is 10.1 Å². The first-order chi connectivity index (χ1) is 13.7. The summed E-state index contributed by atoms with van der Waals surface area (Å²) >= 11 is 0. The molecule has 4 rings (SSSR count). The van der Waals surface area contributed by atoms with E-state index in [4.69, 9.17) is 4.74 Å². The van der Waals surface area contributed by atoms with E-state index in [0.717, 1.165) is 22.6 Å². The van der Waals surface area contributed by atoms with Crippen molar-refractivity contribution in [3.05, 3.63) is 102 Å². The highest BCUT2D eigenvalue weighted by Crippen LogP contribution is 2.25. The van der Waals surface area contributed by atoms with Crippen molar-refractivity contribution in [3.63, 3.8) is 0 Å². The summed E-state index contributed by atoms with van der Waals surface area (Å²) in [5.74, 6) is 0.637. The standard InChI is InChI=1S/C24H20N2O2/c1-18-23(24(27)26(25-18)21-12-6-3-7-13-21)16-20-11-8-14-22(15-20)28-17-19-9-4-2-5-10-19/h2-16H,17H2,1H3/b23-16-. The van der Waals surface area contributed by atoms with Gasteiger partial charge in [-0.3, -0.25) is 4.79 Å². The quantitative estimate of drug-likeness (QED) is 0.590. The molecule has 0 fully saturated rings. The van der Waals surface area contributed by atoms with Gasteiger partial charge in [0.2, 0.25) is 0 Å². The molecule has 0 spiro atoms. The molecule has 0 unspecified atom stereocenters. The second-order valence-corrected chi connectivity index (χ2v) is 6.54. The largest absolute Gasteiger partial charge is 0.489 e. The summed E-state index contributed by atoms with van der Waals surface area (Å²) in [7, 11) is 0. The number of benzene rings is 3. The second-order valence-electron chi connectivity index (χ2n) is 6.54. The van der Waals surface area contributed by atoms with Gasteiger partial charge in [0.1, 0.15) is 12.4 Å². The lowest BCUT2D eigenvalue weighted by Gasteiger charge is -2.11. The average Bonchev–Trinajstić information content (AvgIpc) is 3.02. The van der Waals surface area contributed by atoms with Crippen molar-refractivity contribution in [2.24, 2.45) is 5.10 Å². The first kappa shape index (κ1) is 17.7. The minimum Gasteiger partial charge on any atom is -0.489 e. The van der Waals surface area contributed by atoms with Gasteiger partial charge in [-0.25, -0.2) is 0 Å². The average molecular weight is 368 g/mol. The monoisotopic (exact) mass is 368 g/mol. The molecule has 1 amide bonds. The molecule has 0 aliphatic carbocycles. The molecule has 1 aliphatic rings. The van der Waals surface area contributed by atoms with Gasteiger partial charge in [0.15, 0.2) is 0 Å². The van der Waals surface area contributed by atoms with E-state index >= 15 is 0 Å². The molecule has 138 valence electrons. The number of carbonyl (C=O) groups is 1. The molecule has 0 radical (unpaired) electrons. The molecule has 1 aliphatic heterocycles. The molecule has 0 atom stereocenters. The Hall–Kier alpha value is -3.66. The smallest absolute Gasteiger partial charge is 0.280 e. The van der Waals surface area contributed by atoms with Crippen molar-refractivity contribution in [2.75, 3.05) is 5.01 Å². The van der Waals surface area contributed by atoms with Gasteiger partial charge in [-0.15, -0.1) is 0 Å². The molecule has 0 saturated heterocycles. The molecule has 3 aromatic rings. The Morgan fingerprint density at radius 1 is 0.929 bits per heavy atom. The molecule has 0 N–H and O–H groups in total. The number of para-hydroxylation sites is 1. The Kier molecular flexibility index (Phi) is 5.02. The summed E-state index contributed by atoms with van der Waals surface area (Å²) in [6.07, 6.45) is 1.86. The molecular formula is C24H20N2O2. The maximum absolute atomic E-state index is 12.8. The number of nitrogens with zero attached hydrogens (tertiary/aromatic N) is 2. The summed E-state index contributed by atoms with van der Waals surface area (Å²) in [6.45, 7) is 2.35. The molecule has 28 heavy (non-hydrogen) atoms. The Morgan fingerprint density at radius 2 is 1.64 bits per heavy atom. The number of carbonyl (C=O) groups excluding carboxylic acids is 1. The highest BCUT2D eigenvalue weighted by Gasteiger charge is 2.28. The van der Waals surface area contributed by atoms with Crippen molar-refractivity contribution in [1.29, 1.82) is 0 Å². The van der Waals surface area contributed by atoms with E-state index in [9.17, 15) is 4.79 Å². The SMILES string of the molecule is CC1=NN(c2ccccc2)C(=O)/C1=C\c1cccc(OCc2ccccc2)c1. The number of hydrazone groups is 1. The van der Waals surface area contributed by atoms with Gasteiger partial charge < -0.3 is 4.74 Å². The first-order valence-corrected chi connectivity index (χ1v) is 9.14. The van der Waals surface area contributed by atoms with Crippen molar-refractivity contribution < 1.29 is 9.53 Å². The third-order valence-electron chi connectivity index (χ3n) is 4.48. The minimum atomic E-state index is -0.126. The van der Waals surface area contributed by atoms with Crippen LogP contribution in [0.5, 0.6) is 5.75 Å². The Labute approximate surface area is 164 Å². The van der Waals surface area contributed by atoms with Crippen LogP contribution in [0.3, 0.4) is 0 Å². The Morgan fingerprint density at radius 3 is 2.39 bits per heavy atom. The number of anilines is 1. The van der Waals surface area contributed by atoms with Crippen LogP contribution in [0.25, 0.3) is 6.08 Å². The fourth-order valence-corrected chi connectivity index (χ4v) is 3.03. The summed E-state index contributed by atoms with van der Waals surface area (Å²) in [4.78, 5) is 12.8. The zero-order chi connectivity index (χ0) is 19.3. The van der Waals surface area contributed by atoms with Gasteiger partial charge in [-0.1, -0.05) is 60.7 Å². The molecule has 4 nitrogen and oxygen atoms in total. The van der Waals surface area contributed by atoms with Crippen molar-refractivity contribution in [3.8, 4) is 5.75 Å². The molecular weight excluding hydrogens is 348 g/mol. The van der Waals surface area contributed by atoms with Crippen LogP contribution < -0.4 is 9.75 Å². The van der Waals surface area contributed by atoms with E-state index < -0.39 is 0 Å². The van der Waals surface area contributed by atoms with E-state index in [2.05, 4.69) is 5.10 Å². The van der Waals surface area contributed by atoms with Crippen molar-refractivity contribution >= 4 is 23.4 Å². The molecule has 0 bridgehead atoms. The van der Waals surface area contributed by atoms with E-state index in [1.165, 1.54) is 5.01 Å². The van der Waals surface area contributed by atoms with E-state index in [0.29, 0.717) is 17.9 Å². The normalized spacial score (nSPS) is 15.0. The topological polar surface area (TPSA) is 41.9 Å². The van der Waals surface area contributed by atoms with Crippen LogP contribution in [0.15, 0.2) is 95.6 Å². The van der Waals surface area contributed by atoms with Crippen LogP contribution in [0.2, 0.25) is 0 Å². The lowest BCUT2D eigenvalue weighted by Crippen LogP contribution is -2.21. The second kappa shape index (κ2) is 7.92. The zero-order valence-electron chi connectivity index (χ0n) is 15.6. The van der Waals surface area contributed by atoms with Crippen LogP contribution in [0, 0.1) is 0 Å². The lowest BCUT2D eigenvalue weighted by atomic mass is 10.1. The van der Waals surface area contributed by atoms with Crippen LogP contribution in [-0.2, 0) is 11.4 Å². The van der Waals surface area contributed by atoms with Crippen LogP contribution in [0.1, 0.15) is 18.1 Å². The van der Waals surface area contributed by atoms with Gasteiger partial charge >= 0.3 is 0 Å². The molecule has 1 heterocycles. The maximum atomic E-state index is 12.8. The van der Waals surface area contributed by atoms with Crippen molar-refractivity contribution in [1.82, 2.24) is 0 Å². The molecule has 0 aromatic heterocycles. The first-order valence-electron chi connectivity index (χ1n) is 9.14. The fraction of sp³-hybridized carbons (Fsp3) is 0.0833. The van der Waals surface area contributed by atoms with Crippen molar-refractivity contribution in [2.45, 2.75) is 13.5 Å². The number of hydrogen-bond acceptors (Lipinski definition) is 3. The number of rotatable bonds is 5. The highest BCUT2D eigenvalue weighted by molar-refractivity contribution is 6.32. The lowest BCUT2D eigenvalue weighted by molar-refractivity contribution is -0.114. The number of amides is 1. The fourth-order valence-electron chi connectivity index (χ4n) is 3.03. The third-order valence-corrected chi connectivity index (χ3v) is 4.48. The Bertz CT molecular complexity index is 1040. The van der Waals surface area contributed by atoms with Gasteiger partial charge in [-0.05, 0) is 48.4 Å². The maximum Gasteiger partial charge on any atom is 0.280 e. The molecule has 0 saturated carbocycles. The minimum absolute atomic E-state index is 0.126. The molecule has 4 heteroatoms.